The number of aliphatic hydroxyl groups is 1. The molecule has 162 valence electrons. The van der Waals surface area contributed by atoms with Crippen LogP contribution in [0.5, 0.6) is 0 Å². The van der Waals surface area contributed by atoms with E-state index in [2.05, 4.69) is 0 Å². The highest BCUT2D eigenvalue weighted by molar-refractivity contribution is 6.08. The Labute approximate surface area is 188 Å². The summed E-state index contributed by atoms with van der Waals surface area (Å²) in [6, 6.07) is 26.8. The van der Waals surface area contributed by atoms with Crippen LogP contribution in [0.25, 0.3) is 0 Å². The fourth-order valence-electron chi connectivity index (χ4n) is 5.68. The third-order valence-electron chi connectivity index (χ3n) is 6.91. The molecule has 1 heterocycles. The summed E-state index contributed by atoms with van der Waals surface area (Å²) in [6.07, 6.45) is 0. The zero-order valence-corrected chi connectivity index (χ0v) is 18.5. The molecule has 0 radical (unpaired) electrons. The summed E-state index contributed by atoms with van der Waals surface area (Å²) in [6.45, 7) is 5.60. The number of benzene rings is 3. The minimum Gasteiger partial charge on any atom is -0.380 e. The van der Waals surface area contributed by atoms with Crippen LogP contribution in [0.1, 0.15) is 48.9 Å². The second-order valence-corrected chi connectivity index (χ2v) is 9.79. The van der Waals surface area contributed by atoms with E-state index in [1.54, 1.807) is 0 Å². The number of hydrogen-bond acceptors (Lipinski definition) is 3. The summed E-state index contributed by atoms with van der Waals surface area (Å²) in [5.41, 5.74) is 0.908. The fraction of sp³-hybridized carbons (Fsp3) is 0.286. The van der Waals surface area contributed by atoms with Crippen LogP contribution in [0.2, 0.25) is 0 Å². The molecule has 4 atom stereocenters. The number of hydrogen-bond donors (Lipinski definition) is 1. The second-order valence-electron chi connectivity index (χ2n) is 9.79. The van der Waals surface area contributed by atoms with Crippen LogP contribution >= 0.6 is 0 Å². The normalized spacial score (nSPS) is 27.2. The highest BCUT2D eigenvalue weighted by Crippen LogP contribution is 2.57. The van der Waals surface area contributed by atoms with E-state index < -0.39 is 23.0 Å². The number of likely N-dealkylation sites (tertiary alicyclic amines) is 1. The maximum Gasteiger partial charge on any atom is 0.237 e. The Morgan fingerprint density at radius 3 is 1.97 bits per heavy atom. The number of carbonyl (C=O) groups excluding carboxylic acids is 2. The van der Waals surface area contributed by atoms with Crippen LogP contribution in [-0.2, 0) is 15.2 Å². The maximum absolute atomic E-state index is 13.9. The number of nitrogens with zero attached hydrogens (tertiary/aromatic N) is 1. The molecule has 2 amide bonds. The molecule has 1 fully saturated rings. The van der Waals surface area contributed by atoms with Gasteiger partial charge in [0.15, 0.2) is 0 Å². The van der Waals surface area contributed by atoms with Gasteiger partial charge in [0.25, 0.3) is 0 Å². The highest BCUT2D eigenvalue weighted by Gasteiger charge is 2.65. The summed E-state index contributed by atoms with van der Waals surface area (Å²) in [5.74, 6) is -2.44. The number of fused-ring (bicyclic) bond motifs is 2. The van der Waals surface area contributed by atoms with Crippen molar-refractivity contribution in [3.63, 3.8) is 0 Å². The van der Waals surface area contributed by atoms with Gasteiger partial charge in [-0.05, 0) is 43.0 Å². The zero-order valence-electron chi connectivity index (χ0n) is 18.5. The molecule has 0 aromatic heterocycles. The van der Waals surface area contributed by atoms with Crippen molar-refractivity contribution in [2.75, 3.05) is 0 Å². The molecule has 1 aliphatic carbocycles. The van der Waals surface area contributed by atoms with E-state index in [1.165, 1.54) is 4.90 Å². The Morgan fingerprint density at radius 2 is 1.34 bits per heavy atom. The van der Waals surface area contributed by atoms with Crippen LogP contribution in [0, 0.1) is 11.8 Å². The Hall–Kier alpha value is -3.24. The molecule has 32 heavy (non-hydrogen) atoms. The van der Waals surface area contributed by atoms with Gasteiger partial charge < -0.3 is 5.11 Å². The van der Waals surface area contributed by atoms with Gasteiger partial charge in [0.1, 0.15) is 5.60 Å². The van der Waals surface area contributed by atoms with Crippen molar-refractivity contribution in [2.45, 2.75) is 37.8 Å². The minimum absolute atomic E-state index is 0.217. The quantitative estimate of drug-likeness (QED) is 0.617. The second kappa shape index (κ2) is 7.14. The molecule has 1 aliphatic heterocycles. The first-order chi connectivity index (χ1) is 15.3. The summed E-state index contributed by atoms with van der Waals surface area (Å²) < 4.78 is 0. The molecule has 4 heteroatoms. The van der Waals surface area contributed by atoms with Crippen LogP contribution in [0.4, 0.5) is 0 Å². The Kier molecular flexibility index (Phi) is 4.61. The topological polar surface area (TPSA) is 57.6 Å². The number of rotatable bonds is 2. The number of amides is 2. The molecule has 4 nitrogen and oxygen atoms in total. The lowest BCUT2D eigenvalue weighted by Crippen LogP contribution is -2.50. The zero-order chi connectivity index (χ0) is 22.7. The average Bonchev–Trinajstić information content (AvgIpc) is 3.06. The van der Waals surface area contributed by atoms with E-state index in [9.17, 15) is 14.7 Å². The van der Waals surface area contributed by atoms with Crippen molar-refractivity contribution < 1.29 is 14.7 Å². The van der Waals surface area contributed by atoms with Gasteiger partial charge in [0.2, 0.25) is 11.8 Å². The van der Waals surface area contributed by atoms with Crippen molar-refractivity contribution in [2.24, 2.45) is 11.8 Å². The van der Waals surface area contributed by atoms with E-state index in [1.807, 2.05) is 106 Å². The van der Waals surface area contributed by atoms with Gasteiger partial charge in [0, 0.05) is 11.5 Å². The first-order valence-electron chi connectivity index (χ1n) is 11.1. The van der Waals surface area contributed by atoms with Crippen LogP contribution < -0.4 is 0 Å². The largest absolute Gasteiger partial charge is 0.380 e. The average molecular weight is 426 g/mol. The van der Waals surface area contributed by atoms with E-state index >= 15 is 0 Å². The number of carbonyl (C=O) groups is 2. The van der Waals surface area contributed by atoms with Crippen molar-refractivity contribution >= 4 is 11.8 Å². The van der Waals surface area contributed by atoms with Crippen LogP contribution in [0.3, 0.4) is 0 Å². The molecular weight excluding hydrogens is 398 g/mol. The lowest BCUT2D eigenvalue weighted by Gasteiger charge is -2.45. The van der Waals surface area contributed by atoms with Crippen molar-refractivity contribution in [1.29, 1.82) is 0 Å². The monoisotopic (exact) mass is 425 g/mol. The highest BCUT2D eigenvalue weighted by atomic mass is 16.3. The molecule has 0 spiro atoms. The van der Waals surface area contributed by atoms with E-state index in [0.29, 0.717) is 11.1 Å². The van der Waals surface area contributed by atoms with Crippen molar-refractivity contribution in [1.82, 2.24) is 4.90 Å². The third-order valence-corrected chi connectivity index (χ3v) is 6.91. The van der Waals surface area contributed by atoms with E-state index in [4.69, 9.17) is 0 Å². The molecule has 1 N–H and O–H groups in total. The van der Waals surface area contributed by atoms with Crippen molar-refractivity contribution in [3.8, 4) is 0 Å². The van der Waals surface area contributed by atoms with Crippen LogP contribution in [-0.4, -0.2) is 27.4 Å². The predicted molar refractivity (Wildman–Crippen MR) is 123 cm³/mol. The van der Waals surface area contributed by atoms with Gasteiger partial charge in [-0.3, -0.25) is 14.5 Å². The fourth-order valence-corrected chi connectivity index (χ4v) is 5.68. The first-order valence-corrected chi connectivity index (χ1v) is 11.1. The molecule has 0 unspecified atom stereocenters. The van der Waals surface area contributed by atoms with Gasteiger partial charge in [-0.1, -0.05) is 84.9 Å². The molecule has 5 rings (SSSR count). The molecule has 0 bridgehead atoms. The SMILES string of the molecule is CC(C)(C)N1C(=O)[C@H]2[C@@H](c3ccccc3)c3ccccc3[C@](O)(c3ccccc3)[C@H]2C1=O. The standard InChI is InChI=1S/C28H27NO3/c1-27(2,3)29-25(30)23-22(18-12-6-4-7-13-18)20-16-10-11-17-21(20)28(32,24(23)26(29)31)19-14-8-5-9-15-19/h4-17,22-24,32H,1-3H3/t22-,23-,24+,28+/m0/s1. The smallest absolute Gasteiger partial charge is 0.237 e. The minimum atomic E-state index is -1.60. The Balaban J connectivity index is 1.84. The lowest BCUT2D eigenvalue weighted by molar-refractivity contribution is -0.147. The molecular formula is C28H27NO3. The third kappa shape index (κ3) is 2.79. The van der Waals surface area contributed by atoms with Gasteiger partial charge in [-0.15, -0.1) is 0 Å². The summed E-state index contributed by atoms with van der Waals surface area (Å²) in [5, 5.41) is 12.4. The summed E-state index contributed by atoms with van der Waals surface area (Å²) in [4.78, 5) is 29.2. The maximum atomic E-state index is 13.9. The van der Waals surface area contributed by atoms with Gasteiger partial charge >= 0.3 is 0 Å². The van der Waals surface area contributed by atoms with Gasteiger partial charge in [-0.25, -0.2) is 0 Å². The Bertz CT molecular complexity index is 1180. The predicted octanol–water partition coefficient (Wildman–Crippen LogP) is 4.47. The summed E-state index contributed by atoms with van der Waals surface area (Å²) >= 11 is 0. The Morgan fingerprint density at radius 1 is 0.781 bits per heavy atom. The molecule has 2 aliphatic rings. The van der Waals surface area contributed by atoms with Crippen LogP contribution in [0.15, 0.2) is 84.9 Å². The molecule has 0 saturated carbocycles. The van der Waals surface area contributed by atoms with Crippen molar-refractivity contribution in [3.05, 3.63) is 107 Å². The molecule has 3 aromatic rings. The van der Waals surface area contributed by atoms with Gasteiger partial charge in [-0.2, -0.15) is 0 Å². The number of imide groups is 1. The lowest BCUT2D eigenvalue weighted by atomic mass is 9.59. The molecule has 1 saturated heterocycles. The first kappa shape index (κ1) is 20.7. The van der Waals surface area contributed by atoms with E-state index in [0.717, 1.165) is 11.1 Å². The van der Waals surface area contributed by atoms with E-state index in [-0.39, 0.29) is 17.7 Å². The summed E-state index contributed by atoms with van der Waals surface area (Å²) in [7, 11) is 0. The molecule has 3 aromatic carbocycles. The van der Waals surface area contributed by atoms with Gasteiger partial charge in [0.05, 0.1) is 11.8 Å².